The van der Waals surface area contributed by atoms with Crippen molar-refractivity contribution < 1.29 is 14.3 Å². The lowest BCUT2D eigenvalue weighted by Gasteiger charge is -2.31. The van der Waals surface area contributed by atoms with Crippen molar-refractivity contribution in [2.45, 2.75) is 19.3 Å². The van der Waals surface area contributed by atoms with E-state index in [4.69, 9.17) is 4.74 Å². The van der Waals surface area contributed by atoms with Crippen LogP contribution in [0.1, 0.15) is 24.0 Å². The van der Waals surface area contributed by atoms with E-state index in [0.717, 1.165) is 11.1 Å². The minimum absolute atomic E-state index is 0.00970. The van der Waals surface area contributed by atoms with Crippen LogP contribution >= 0.6 is 0 Å². The van der Waals surface area contributed by atoms with Gasteiger partial charge in [-0.3, -0.25) is 14.5 Å². The molecule has 148 valence electrons. The van der Waals surface area contributed by atoms with Crippen molar-refractivity contribution >= 4 is 23.1 Å². The molecule has 2 aromatic carbocycles. The Morgan fingerprint density at radius 2 is 1.80 bits per heavy atom. The highest BCUT2D eigenvalue weighted by atomic mass is 16.5. The number of anilines is 1. The molecule has 1 aliphatic heterocycles. The van der Waals surface area contributed by atoms with Crippen LogP contribution in [0.4, 0.5) is 5.69 Å². The Labute approximate surface area is 174 Å². The number of para-hydroxylation sites is 1. The van der Waals surface area contributed by atoms with Crippen LogP contribution in [0.25, 0.3) is 5.57 Å². The van der Waals surface area contributed by atoms with E-state index in [0.29, 0.717) is 29.9 Å². The smallest absolute Gasteiger partial charge is 0.238 e. The second kappa shape index (κ2) is 7.85. The van der Waals surface area contributed by atoms with Gasteiger partial charge in [0, 0.05) is 6.42 Å². The van der Waals surface area contributed by atoms with Gasteiger partial charge in [-0.25, -0.2) is 0 Å². The summed E-state index contributed by atoms with van der Waals surface area (Å²) in [5.74, 6) is -0.804. The molecule has 6 heteroatoms. The molecule has 1 aliphatic carbocycles. The van der Waals surface area contributed by atoms with Gasteiger partial charge in [0.15, 0.2) is 0 Å². The molecule has 30 heavy (non-hydrogen) atoms. The molecule has 2 aliphatic rings. The summed E-state index contributed by atoms with van der Waals surface area (Å²) >= 11 is 0. The summed E-state index contributed by atoms with van der Waals surface area (Å²) in [6, 6.07) is 18.3. The number of nitrogens with zero attached hydrogens (tertiary/aromatic N) is 3. The molecule has 1 heterocycles. The first-order valence-electron chi connectivity index (χ1n) is 9.72. The summed E-state index contributed by atoms with van der Waals surface area (Å²) in [4.78, 5) is 27.2. The standard InChI is InChI=1S/C24H19N3O3/c1-30-18-8-10-19-15(11-18)7-9-20(23(19)16(13-25)14-26)21-12-22(28)27(24(21)29)17-5-3-2-4-6-17/h2-6,8,10-11,20-21H,7,9,12H2,1H3/t20-,21?/m0/s1. The fraction of sp³-hybridized carbons (Fsp3) is 0.250. The van der Waals surface area contributed by atoms with Crippen molar-refractivity contribution in [1.29, 1.82) is 10.5 Å². The van der Waals surface area contributed by atoms with E-state index in [2.05, 4.69) is 0 Å². The molecule has 2 atom stereocenters. The molecular formula is C24H19N3O3. The molecule has 2 amide bonds. The highest BCUT2D eigenvalue weighted by molar-refractivity contribution is 6.21. The lowest BCUT2D eigenvalue weighted by molar-refractivity contribution is -0.122. The number of hydrogen-bond acceptors (Lipinski definition) is 5. The molecule has 1 unspecified atom stereocenters. The van der Waals surface area contributed by atoms with Crippen molar-refractivity contribution in [3.05, 3.63) is 65.2 Å². The summed E-state index contributed by atoms with van der Waals surface area (Å²) in [6.45, 7) is 0. The van der Waals surface area contributed by atoms with E-state index < -0.39 is 5.92 Å². The Hall–Kier alpha value is -3.90. The third kappa shape index (κ3) is 3.13. The minimum atomic E-state index is -0.598. The third-order valence-corrected chi connectivity index (χ3v) is 5.87. The number of rotatable bonds is 3. The zero-order valence-electron chi connectivity index (χ0n) is 16.5. The Kier molecular flexibility index (Phi) is 5.08. The number of imide groups is 1. The number of aryl methyl sites for hydroxylation is 1. The predicted molar refractivity (Wildman–Crippen MR) is 110 cm³/mol. The molecule has 6 nitrogen and oxygen atoms in total. The Morgan fingerprint density at radius 3 is 2.47 bits per heavy atom. The number of amides is 2. The lowest BCUT2D eigenvalue weighted by atomic mass is 9.71. The number of allylic oxidation sites excluding steroid dienone is 2. The minimum Gasteiger partial charge on any atom is -0.497 e. The number of fused-ring (bicyclic) bond motifs is 1. The zero-order chi connectivity index (χ0) is 21.3. The fourth-order valence-corrected chi connectivity index (χ4v) is 4.51. The van der Waals surface area contributed by atoms with Gasteiger partial charge in [0.1, 0.15) is 23.5 Å². The SMILES string of the molecule is COc1ccc2c(c1)CC[C@@H](C1CC(=O)N(c3ccccc3)C1=O)C2=C(C#N)C#N. The number of ether oxygens (including phenoxy) is 1. The number of methoxy groups -OCH3 is 1. The van der Waals surface area contributed by atoms with Crippen LogP contribution in [-0.4, -0.2) is 18.9 Å². The van der Waals surface area contributed by atoms with Crippen LogP contribution in [0.2, 0.25) is 0 Å². The van der Waals surface area contributed by atoms with Crippen molar-refractivity contribution in [2.75, 3.05) is 12.0 Å². The second-order valence-corrected chi connectivity index (χ2v) is 7.39. The Balaban J connectivity index is 1.78. The lowest BCUT2D eigenvalue weighted by Crippen LogP contribution is -2.33. The van der Waals surface area contributed by atoms with Crippen LogP contribution in [0.5, 0.6) is 5.75 Å². The summed E-state index contributed by atoms with van der Waals surface area (Å²) < 4.78 is 5.30. The highest BCUT2D eigenvalue weighted by Crippen LogP contribution is 2.46. The molecule has 1 saturated heterocycles. The molecule has 0 N–H and O–H groups in total. The van der Waals surface area contributed by atoms with Gasteiger partial charge in [0.25, 0.3) is 0 Å². The molecule has 0 aromatic heterocycles. The van der Waals surface area contributed by atoms with Gasteiger partial charge in [-0.2, -0.15) is 10.5 Å². The van der Waals surface area contributed by atoms with Crippen molar-refractivity contribution in [3.8, 4) is 17.9 Å². The van der Waals surface area contributed by atoms with E-state index in [1.54, 1.807) is 37.4 Å². The molecule has 0 spiro atoms. The first-order chi connectivity index (χ1) is 14.6. The van der Waals surface area contributed by atoms with E-state index in [1.165, 1.54) is 4.90 Å². The normalized spacial score (nSPS) is 20.4. The van der Waals surface area contributed by atoms with E-state index in [-0.39, 0.29) is 29.7 Å². The molecule has 4 rings (SSSR count). The number of carbonyl (C=O) groups is 2. The van der Waals surface area contributed by atoms with Crippen LogP contribution in [-0.2, 0) is 16.0 Å². The summed E-state index contributed by atoms with van der Waals surface area (Å²) in [6.07, 6.45) is 1.32. The van der Waals surface area contributed by atoms with E-state index >= 15 is 0 Å². The number of hydrogen-bond donors (Lipinski definition) is 0. The van der Waals surface area contributed by atoms with Gasteiger partial charge in [-0.05, 0) is 59.7 Å². The maximum Gasteiger partial charge on any atom is 0.238 e. The average molecular weight is 397 g/mol. The maximum absolute atomic E-state index is 13.3. The number of benzene rings is 2. The third-order valence-electron chi connectivity index (χ3n) is 5.87. The van der Waals surface area contributed by atoms with E-state index in [9.17, 15) is 20.1 Å². The molecule has 2 aromatic rings. The number of nitriles is 2. The first-order valence-corrected chi connectivity index (χ1v) is 9.72. The molecule has 0 radical (unpaired) electrons. The van der Waals surface area contributed by atoms with E-state index in [1.807, 2.05) is 30.3 Å². The summed E-state index contributed by atoms with van der Waals surface area (Å²) in [5.41, 5.74) is 2.85. The van der Waals surface area contributed by atoms with Gasteiger partial charge in [0.2, 0.25) is 11.8 Å². The fourth-order valence-electron chi connectivity index (χ4n) is 4.51. The van der Waals surface area contributed by atoms with Crippen molar-refractivity contribution in [2.24, 2.45) is 11.8 Å². The van der Waals surface area contributed by atoms with Crippen LogP contribution in [0.3, 0.4) is 0 Å². The van der Waals surface area contributed by atoms with Crippen LogP contribution in [0, 0.1) is 34.5 Å². The molecule has 1 fully saturated rings. The summed E-state index contributed by atoms with van der Waals surface area (Å²) in [5, 5.41) is 19.2. The quantitative estimate of drug-likeness (QED) is 0.582. The van der Waals surface area contributed by atoms with Gasteiger partial charge in [0.05, 0.1) is 18.7 Å². The monoisotopic (exact) mass is 397 g/mol. The maximum atomic E-state index is 13.3. The van der Waals surface area contributed by atoms with Gasteiger partial charge < -0.3 is 4.74 Å². The van der Waals surface area contributed by atoms with Crippen molar-refractivity contribution in [3.63, 3.8) is 0 Å². The Morgan fingerprint density at radius 1 is 1.07 bits per heavy atom. The van der Waals surface area contributed by atoms with Gasteiger partial charge in [-0.1, -0.05) is 24.3 Å². The molecular weight excluding hydrogens is 378 g/mol. The zero-order valence-corrected chi connectivity index (χ0v) is 16.5. The first kappa shape index (κ1) is 19.4. The van der Waals surface area contributed by atoms with Crippen LogP contribution in [0.15, 0.2) is 54.1 Å². The van der Waals surface area contributed by atoms with Gasteiger partial charge in [-0.15, -0.1) is 0 Å². The van der Waals surface area contributed by atoms with Crippen molar-refractivity contribution in [1.82, 2.24) is 0 Å². The summed E-state index contributed by atoms with van der Waals surface area (Å²) in [7, 11) is 1.58. The predicted octanol–water partition coefficient (Wildman–Crippen LogP) is 3.64. The topological polar surface area (TPSA) is 94.2 Å². The molecule has 0 saturated carbocycles. The van der Waals surface area contributed by atoms with Crippen LogP contribution < -0.4 is 9.64 Å². The molecule has 0 bridgehead atoms. The highest BCUT2D eigenvalue weighted by Gasteiger charge is 2.46. The second-order valence-electron chi connectivity index (χ2n) is 7.39. The Bertz CT molecular complexity index is 1120. The average Bonchev–Trinajstić information content (AvgIpc) is 3.08. The largest absolute Gasteiger partial charge is 0.497 e. The van der Waals surface area contributed by atoms with Gasteiger partial charge >= 0.3 is 0 Å². The number of carbonyl (C=O) groups excluding carboxylic acids is 2.